The number of benzene rings is 7. The molecule has 2 aromatic heterocycles. The number of fused-ring (bicyclic) bond motifs is 5. The van der Waals surface area contributed by atoms with Crippen LogP contribution in [0.5, 0.6) is 0 Å². The Hall–Kier alpha value is -7.11. The fourth-order valence-electron chi connectivity index (χ4n) is 7.82. The van der Waals surface area contributed by atoms with E-state index in [2.05, 4.69) is 185 Å². The third kappa shape index (κ3) is 5.54. The van der Waals surface area contributed by atoms with Crippen molar-refractivity contribution in [1.82, 2.24) is 19.5 Å². The number of aromatic nitrogens is 4. The van der Waals surface area contributed by atoms with Crippen molar-refractivity contribution in [2.45, 2.75) is 12.3 Å². The van der Waals surface area contributed by atoms with Gasteiger partial charge in [0.2, 0.25) is 0 Å². The molecule has 0 N–H and O–H groups in total. The molecule has 1 atom stereocenters. The molecule has 0 fully saturated rings. The number of rotatable bonds is 7. The van der Waals surface area contributed by atoms with Crippen LogP contribution in [0.3, 0.4) is 0 Å². The smallest absolute Gasteiger partial charge is 0.164 e. The molecular weight excluding hydrogens is 659 g/mol. The van der Waals surface area contributed by atoms with Gasteiger partial charge in [0.15, 0.2) is 11.6 Å². The summed E-state index contributed by atoms with van der Waals surface area (Å²) in [6.45, 7) is 0. The predicted molar refractivity (Wildman–Crippen MR) is 223 cm³/mol. The molecule has 0 spiro atoms. The topological polar surface area (TPSA) is 46.8 Å². The fourth-order valence-corrected chi connectivity index (χ4v) is 7.82. The highest BCUT2D eigenvalue weighted by molar-refractivity contribution is 6.24. The van der Waals surface area contributed by atoms with Gasteiger partial charge in [-0.25, -0.2) is 15.0 Å². The van der Waals surface area contributed by atoms with Crippen LogP contribution < -0.4 is 4.90 Å². The molecule has 1 unspecified atom stereocenters. The first-order chi connectivity index (χ1) is 26.8. The Bertz CT molecular complexity index is 2800. The van der Waals surface area contributed by atoms with Crippen molar-refractivity contribution in [3.05, 3.63) is 200 Å². The molecule has 5 nitrogen and oxygen atoms in total. The molecule has 0 bridgehead atoms. The number of nitrogens with zero attached hydrogens (tertiary/aromatic N) is 5. The first-order valence-corrected chi connectivity index (χ1v) is 18.4. The molecule has 0 aliphatic heterocycles. The van der Waals surface area contributed by atoms with E-state index in [1.54, 1.807) is 0 Å². The molecule has 7 aromatic carbocycles. The maximum absolute atomic E-state index is 5.25. The van der Waals surface area contributed by atoms with Gasteiger partial charge in [-0.05, 0) is 77.9 Å². The molecule has 9 aromatic rings. The molecule has 2 heterocycles. The van der Waals surface area contributed by atoms with Crippen molar-refractivity contribution >= 4 is 49.6 Å². The minimum atomic E-state index is 0.0700. The number of hydrogen-bond acceptors (Lipinski definition) is 4. The van der Waals surface area contributed by atoms with Gasteiger partial charge in [0.1, 0.15) is 5.82 Å². The third-order valence-corrected chi connectivity index (χ3v) is 10.3. The standard InChI is InChI=1S/C49H35N5/c1-6-18-34(19-7-1)47-50-48(35-20-8-2-9-21-35)52-49(51-47)42-33-45-46(41-29-17-16-28-40(41)42)43-32-39(30-31-44(43)54(45)38-26-14-5-15-27-38)53(36-22-10-3-11-23-36)37-24-12-4-13-25-37/h1-20,22-33,35H,21H2. The minimum Gasteiger partial charge on any atom is -0.310 e. The first kappa shape index (κ1) is 31.6. The normalized spacial score (nSPS) is 13.9. The number of anilines is 3. The lowest BCUT2D eigenvalue weighted by Crippen LogP contribution is -2.09. The van der Waals surface area contributed by atoms with E-state index < -0.39 is 0 Å². The lowest BCUT2D eigenvalue weighted by molar-refractivity contribution is 0.764. The Balaban J connectivity index is 1.27. The van der Waals surface area contributed by atoms with Gasteiger partial charge in [-0.3, -0.25) is 0 Å². The molecule has 0 radical (unpaired) electrons. The highest BCUT2D eigenvalue weighted by Gasteiger charge is 2.23. The zero-order valence-electron chi connectivity index (χ0n) is 29.5. The third-order valence-electron chi connectivity index (χ3n) is 10.3. The van der Waals surface area contributed by atoms with Gasteiger partial charge >= 0.3 is 0 Å². The molecule has 0 saturated heterocycles. The van der Waals surface area contributed by atoms with Crippen molar-refractivity contribution in [2.24, 2.45) is 0 Å². The zero-order valence-corrected chi connectivity index (χ0v) is 29.5. The van der Waals surface area contributed by atoms with E-state index in [0.29, 0.717) is 11.6 Å². The summed E-state index contributed by atoms with van der Waals surface area (Å²) in [6.07, 6.45) is 9.40. The van der Waals surface area contributed by atoms with E-state index >= 15 is 0 Å². The summed E-state index contributed by atoms with van der Waals surface area (Å²) in [6, 6.07) is 59.9. The van der Waals surface area contributed by atoms with Gasteiger partial charge in [-0.15, -0.1) is 0 Å². The predicted octanol–water partition coefficient (Wildman–Crippen LogP) is 12.5. The molecule has 10 rings (SSSR count). The van der Waals surface area contributed by atoms with Crippen molar-refractivity contribution in [3.63, 3.8) is 0 Å². The molecule has 0 amide bonds. The second kappa shape index (κ2) is 13.5. The second-order valence-corrected chi connectivity index (χ2v) is 13.6. The molecule has 0 saturated carbocycles. The number of para-hydroxylation sites is 3. The summed E-state index contributed by atoms with van der Waals surface area (Å²) in [7, 11) is 0. The van der Waals surface area contributed by atoms with E-state index in [-0.39, 0.29) is 5.92 Å². The average molecular weight is 694 g/mol. The molecule has 256 valence electrons. The molecule has 1 aliphatic rings. The number of hydrogen-bond donors (Lipinski definition) is 0. The molecule has 1 aliphatic carbocycles. The second-order valence-electron chi connectivity index (χ2n) is 13.6. The Morgan fingerprint density at radius 3 is 1.81 bits per heavy atom. The van der Waals surface area contributed by atoms with Crippen molar-refractivity contribution in [3.8, 4) is 28.5 Å². The first-order valence-electron chi connectivity index (χ1n) is 18.4. The summed E-state index contributed by atoms with van der Waals surface area (Å²) in [5.41, 5.74) is 8.55. The lowest BCUT2D eigenvalue weighted by atomic mass is 9.97. The highest BCUT2D eigenvalue weighted by Crippen LogP contribution is 2.44. The molecule has 5 heteroatoms. The van der Waals surface area contributed by atoms with Crippen LogP contribution in [0.25, 0.3) is 61.0 Å². The SMILES string of the molecule is C1=CCC(c2nc(-c3ccccc3)nc(-c3cc4c(c5ccccc35)c3cc(N(c5ccccc5)c5ccccc5)ccc3n4-c3ccccc3)n2)C=C1. The van der Waals surface area contributed by atoms with Gasteiger partial charge in [0, 0.05) is 50.6 Å². The monoisotopic (exact) mass is 693 g/mol. The van der Waals surface area contributed by atoms with Gasteiger partial charge in [-0.1, -0.05) is 133 Å². The van der Waals surface area contributed by atoms with E-state index in [9.17, 15) is 0 Å². The van der Waals surface area contributed by atoms with Crippen LogP contribution >= 0.6 is 0 Å². The van der Waals surface area contributed by atoms with Crippen molar-refractivity contribution in [1.29, 1.82) is 0 Å². The molecule has 54 heavy (non-hydrogen) atoms. The van der Waals surface area contributed by atoms with Gasteiger partial charge < -0.3 is 9.47 Å². The van der Waals surface area contributed by atoms with E-state index in [4.69, 9.17) is 15.0 Å². The van der Waals surface area contributed by atoms with Crippen LogP contribution in [-0.4, -0.2) is 19.5 Å². The summed E-state index contributed by atoms with van der Waals surface area (Å²) in [5, 5.41) is 4.61. The van der Waals surface area contributed by atoms with Crippen LogP contribution in [0, 0.1) is 0 Å². The van der Waals surface area contributed by atoms with Crippen LogP contribution in [0.2, 0.25) is 0 Å². The Morgan fingerprint density at radius 1 is 0.500 bits per heavy atom. The van der Waals surface area contributed by atoms with Crippen LogP contribution in [-0.2, 0) is 0 Å². The van der Waals surface area contributed by atoms with Crippen LogP contribution in [0.4, 0.5) is 17.1 Å². The van der Waals surface area contributed by atoms with Crippen LogP contribution in [0.1, 0.15) is 18.2 Å². The summed E-state index contributed by atoms with van der Waals surface area (Å²) in [4.78, 5) is 17.8. The lowest BCUT2D eigenvalue weighted by Gasteiger charge is -2.25. The maximum atomic E-state index is 5.25. The quantitative estimate of drug-likeness (QED) is 0.167. The Kier molecular flexibility index (Phi) is 7.88. The molecular formula is C49H35N5. The zero-order chi connectivity index (χ0) is 35.8. The summed E-state index contributed by atoms with van der Waals surface area (Å²) in [5.74, 6) is 2.20. The van der Waals surface area contributed by atoms with E-state index in [1.165, 1.54) is 10.8 Å². The van der Waals surface area contributed by atoms with Crippen LogP contribution in [0.15, 0.2) is 194 Å². The highest BCUT2D eigenvalue weighted by atomic mass is 15.1. The Labute approximate surface area is 313 Å². The van der Waals surface area contributed by atoms with Crippen molar-refractivity contribution in [2.75, 3.05) is 4.90 Å². The average Bonchev–Trinajstić information content (AvgIpc) is 3.59. The van der Waals surface area contributed by atoms with Gasteiger partial charge in [-0.2, -0.15) is 0 Å². The van der Waals surface area contributed by atoms with Crippen molar-refractivity contribution < 1.29 is 0 Å². The maximum Gasteiger partial charge on any atom is 0.164 e. The largest absolute Gasteiger partial charge is 0.310 e. The summed E-state index contributed by atoms with van der Waals surface area (Å²) < 4.78 is 2.38. The van der Waals surface area contributed by atoms with E-state index in [1.807, 2.05) is 18.2 Å². The summed E-state index contributed by atoms with van der Waals surface area (Å²) >= 11 is 0. The van der Waals surface area contributed by atoms with Gasteiger partial charge in [0.05, 0.1) is 11.0 Å². The van der Waals surface area contributed by atoms with E-state index in [0.717, 1.165) is 67.9 Å². The van der Waals surface area contributed by atoms with Gasteiger partial charge in [0.25, 0.3) is 0 Å². The minimum absolute atomic E-state index is 0.0700. The fraction of sp³-hybridized carbons (Fsp3) is 0.0408. The number of allylic oxidation sites excluding steroid dienone is 4. The Morgan fingerprint density at radius 2 is 1.13 bits per heavy atom.